The molecule has 0 amide bonds. The van der Waals surface area contributed by atoms with Crippen LogP contribution in [0.5, 0.6) is 0 Å². The van der Waals surface area contributed by atoms with Gasteiger partial charge in [-0.1, -0.05) is 24.3 Å². The lowest BCUT2D eigenvalue weighted by atomic mass is 10.0. The summed E-state index contributed by atoms with van der Waals surface area (Å²) in [6.45, 7) is 0.516. The molecule has 0 saturated heterocycles. The predicted octanol–water partition coefficient (Wildman–Crippen LogP) is 0.887. The van der Waals surface area contributed by atoms with Crippen molar-refractivity contribution < 1.29 is 14.7 Å². The van der Waals surface area contributed by atoms with Crippen molar-refractivity contribution >= 4 is 6.08 Å². The van der Waals surface area contributed by atoms with Crippen molar-refractivity contribution in [3.05, 3.63) is 41.6 Å². The van der Waals surface area contributed by atoms with Gasteiger partial charge in [-0.3, -0.25) is 0 Å². The van der Waals surface area contributed by atoms with E-state index in [2.05, 4.69) is 0 Å². The van der Waals surface area contributed by atoms with Crippen molar-refractivity contribution in [2.24, 2.45) is 0 Å². The minimum atomic E-state index is -0.0681. The van der Waals surface area contributed by atoms with E-state index in [9.17, 15) is 10.2 Å². The van der Waals surface area contributed by atoms with E-state index in [4.69, 9.17) is 0 Å². The van der Waals surface area contributed by atoms with Crippen LogP contribution in [0.4, 0.5) is 0 Å². The van der Waals surface area contributed by atoms with E-state index < -0.39 is 0 Å². The number of aliphatic hydroxyl groups is 2. The van der Waals surface area contributed by atoms with Gasteiger partial charge in [0.15, 0.2) is 13.5 Å². The Balaban J connectivity index is 2.37. The molecule has 0 radical (unpaired) electrons. The number of aliphatic hydroxyl groups excluding tert-OH is 2. The van der Waals surface area contributed by atoms with Gasteiger partial charge >= 0.3 is 0 Å². The average molecular weight is 192 g/mol. The molecule has 0 saturated carbocycles. The monoisotopic (exact) mass is 192 g/mol. The molecular formula is C11H14NO2+. The maximum absolute atomic E-state index is 9.23. The third-order valence-electron chi connectivity index (χ3n) is 2.67. The van der Waals surface area contributed by atoms with Crippen LogP contribution in [0.15, 0.2) is 30.5 Å². The van der Waals surface area contributed by atoms with Crippen molar-refractivity contribution in [3.8, 4) is 0 Å². The first-order chi connectivity index (χ1) is 6.79. The first-order valence-electron chi connectivity index (χ1n) is 4.64. The molecule has 0 atom stereocenters. The van der Waals surface area contributed by atoms with Gasteiger partial charge in [0.1, 0.15) is 12.7 Å². The summed E-state index contributed by atoms with van der Waals surface area (Å²) in [5, 5.41) is 18.5. The molecule has 0 unspecified atom stereocenters. The van der Waals surface area contributed by atoms with Gasteiger partial charge in [-0.25, -0.2) is 4.48 Å². The van der Waals surface area contributed by atoms with Crippen LogP contribution in [-0.4, -0.2) is 28.2 Å². The maximum atomic E-state index is 9.23. The highest BCUT2D eigenvalue weighted by molar-refractivity contribution is 5.53. The van der Waals surface area contributed by atoms with E-state index in [-0.39, 0.29) is 17.9 Å². The first-order valence-corrected chi connectivity index (χ1v) is 4.64. The van der Waals surface area contributed by atoms with Crippen molar-refractivity contribution in [1.29, 1.82) is 0 Å². The summed E-state index contributed by atoms with van der Waals surface area (Å²) in [5.74, 6) is 0. The molecule has 0 spiro atoms. The fraction of sp³-hybridized carbons (Fsp3) is 0.273. The minimum Gasteiger partial charge on any atom is -0.347 e. The number of hydrogen-bond acceptors (Lipinski definition) is 2. The molecule has 3 heteroatoms. The lowest BCUT2D eigenvalue weighted by Crippen LogP contribution is -2.44. The molecule has 1 aliphatic rings. The van der Waals surface area contributed by atoms with Crippen LogP contribution in [0.25, 0.3) is 6.08 Å². The minimum absolute atomic E-state index is 0.0681. The number of quaternary nitrogens is 1. The predicted molar refractivity (Wildman–Crippen MR) is 53.6 cm³/mol. The summed E-state index contributed by atoms with van der Waals surface area (Å²) in [6.07, 6.45) is 3.80. The topological polar surface area (TPSA) is 40.5 Å². The molecule has 0 bridgehead atoms. The highest BCUT2D eigenvalue weighted by atomic mass is 16.3. The smallest absolute Gasteiger partial charge is 0.186 e. The molecule has 0 fully saturated rings. The van der Waals surface area contributed by atoms with Gasteiger partial charge in [0.2, 0.25) is 0 Å². The second-order valence-electron chi connectivity index (χ2n) is 3.67. The summed E-state index contributed by atoms with van der Waals surface area (Å²) in [6, 6.07) is 8.02. The Hall–Kier alpha value is -1.16. The molecule has 2 rings (SSSR count). The summed E-state index contributed by atoms with van der Waals surface area (Å²) >= 11 is 0. The summed E-state index contributed by atoms with van der Waals surface area (Å²) in [4.78, 5) is 0. The van der Waals surface area contributed by atoms with Gasteiger partial charge in [-0.05, 0) is 11.6 Å². The Morgan fingerprint density at radius 2 is 1.86 bits per heavy atom. The second kappa shape index (κ2) is 3.53. The van der Waals surface area contributed by atoms with E-state index in [0.717, 1.165) is 5.56 Å². The summed E-state index contributed by atoms with van der Waals surface area (Å²) < 4.78 is 0.205. The van der Waals surface area contributed by atoms with Crippen LogP contribution in [-0.2, 0) is 6.54 Å². The Morgan fingerprint density at radius 3 is 2.57 bits per heavy atom. The van der Waals surface area contributed by atoms with Crippen LogP contribution in [0, 0.1) is 0 Å². The highest BCUT2D eigenvalue weighted by Crippen LogP contribution is 2.24. The van der Waals surface area contributed by atoms with Crippen molar-refractivity contribution in [3.63, 3.8) is 0 Å². The zero-order valence-corrected chi connectivity index (χ0v) is 7.93. The van der Waals surface area contributed by atoms with Gasteiger partial charge in [0, 0.05) is 5.56 Å². The highest BCUT2D eigenvalue weighted by Gasteiger charge is 2.27. The van der Waals surface area contributed by atoms with E-state index in [1.807, 2.05) is 36.5 Å². The van der Waals surface area contributed by atoms with Gasteiger partial charge in [0.25, 0.3) is 0 Å². The summed E-state index contributed by atoms with van der Waals surface area (Å²) in [7, 11) is 0. The Bertz CT molecular complexity index is 356. The molecule has 74 valence electrons. The molecule has 0 aromatic heterocycles. The SMILES string of the molecule is OC[N+]1(CO)C=Cc2ccccc2C1. The van der Waals surface area contributed by atoms with E-state index >= 15 is 0 Å². The Kier molecular flexibility index (Phi) is 2.37. The average Bonchev–Trinajstić information content (AvgIpc) is 2.28. The fourth-order valence-corrected chi connectivity index (χ4v) is 1.71. The largest absolute Gasteiger partial charge is 0.347 e. The zero-order chi connectivity index (χ0) is 10.0. The molecule has 0 aliphatic carbocycles. The fourth-order valence-electron chi connectivity index (χ4n) is 1.71. The van der Waals surface area contributed by atoms with Gasteiger partial charge < -0.3 is 10.2 Å². The van der Waals surface area contributed by atoms with E-state index in [0.29, 0.717) is 6.54 Å². The van der Waals surface area contributed by atoms with Crippen molar-refractivity contribution in [2.45, 2.75) is 6.54 Å². The van der Waals surface area contributed by atoms with Crippen LogP contribution in [0.2, 0.25) is 0 Å². The third kappa shape index (κ3) is 1.46. The summed E-state index contributed by atoms with van der Waals surface area (Å²) in [5.41, 5.74) is 2.33. The lowest BCUT2D eigenvalue weighted by molar-refractivity contribution is -0.928. The number of rotatable bonds is 2. The van der Waals surface area contributed by atoms with E-state index in [1.54, 1.807) is 0 Å². The number of hydrogen-bond donors (Lipinski definition) is 2. The Morgan fingerprint density at radius 1 is 1.14 bits per heavy atom. The van der Waals surface area contributed by atoms with E-state index in [1.165, 1.54) is 5.56 Å². The molecule has 1 heterocycles. The molecule has 2 N–H and O–H groups in total. The lowest BCUT2D eigenvalue weighted by Gasteiger charge is -2.33. The van der Waals surface area contributed by atoms with Gasteiger partial charge in [-0.2, -0.15) is 0 Å². The standard InChI is InChI=1S/C11H14NO2/c13-8-12(9-14)6-5-10-3-1-2-4-11(10)7-12/h1-6,13-14H,7-9H2/q+1. The normalized spacial score (nSPS) is 17.9. The number of nitrogens with zero attached hydrogens (tertiary/aromatic N) is 1. The third-order valence-corrected chi connectivity index (χ3v) is 2.67. The maximum Gasteiger partial charge on any atom is 0.186 e. The molecular weight excluding hydrogens is 178 g/mol. The molecule has 3 nitrogen and oxygen atoms in total. The molecule has 1 aromatic rings. The Labute approximate surface area is 83.1 Å². The van der Waals surface area contributed by atoms with Crippen molar-refractivity contribution in [2.75, 3.05) is 13.5 Å². The second-order valence-corrected chi connectivity index (χ2v) is 3.67. The van der Waals surface area contributed by atoms with Gasteiger partial charge in [0.05, 0.1) is 0 Å². The molecule has 1 aliphatic heterocycles. The number of fused-ring (bicyclic) bond motifs is 1. The van der Waals surface area contributed by atoms with Gasteiger partial charge in [-0.15, -0.1) is 0 Å². The van der Waals surface area contributed by atoms with Crippen LogP contribution in [0.1, 0.15) is 11.1 Å². The van der Waals surface area contributed by atoms with Crippen LogP contribution < -0.4 is 0 Å². The molecule has 14 heavy (non-hydrogen) atoms. The van der Waals surface area contributed by atoms with Crippen LogP contribution >= 0.6 is 0 Å². The zero-order valence-electron chi connectivity index (χ0n) is 7.93. The quantitative estimate of drug-likeness (QED) is 0.683. The number of benzene rings is 1. The van der Waals surface area contributed by atoms with Crippen molar-refractivity contribution in [1.82, 2.24) is 0 Å². The van der Waals surface area contributed by atoms with Crippen LogP contribution in [0.3, 0.4) is 0 Å². The molecule has 1 aromatic carbocycles. The first kappa shape index (κ1) is 9.40.